The van der Waals surface area contributed by atoms with Crippen LogP contribution in [-0.4, -0.2) is 39.9 Å². The van der Waals surface area contributed by atoms with Crippen LogP contribution in [0.25, 0.3) is 89.7 Å². The smallest absolute Gasteiger partial charge is 0.164 e. The molecule has 2 aliphatic heterocycles. The third kappa shape index (κ3) is 3.39. The number of aromatic amines is 2. The Kier molecular flexibility index (Phi) is 4.59. The Morgan fingerprint density at radius 2 is 0.756 bits per heavy atom. The number of aromatic nitrogens is 8. The molecule has 9 heteroatoms. The fourth-order valence-electron chi connectivity index (χ4n) is 5.61. The van der Waals surface area contributed by atoms with Crippen LogP contribution in [0.2, 0.25) is 0 Å². The first-order chi connectivity index (χ1) is 20.2. The van der Waals surface area contributed by atoms with Gasteiger partial charge in [0.05, 0.1) is 0 Å². The molecule has 0 atom stereocenters. The van der Waals surface area contributed by atoms with Crippen molar-refractivity contribution in [1.82, 2.24) is 39.9 Å². The van der Waals surface area contributed by atoms with Crippen molar-refractivity contribution in [2.24, 2.45) is 0 Å². The Hall–Kier alpha value is -5.28. The third-order valence-corrected chi connectivity index (χ3v) is 8.01. The molecule has 192 valence electrons. The van der Waals surface area contributed by atoms with E-state index in [4.69, 9.17) is 29.9 Å². The zero-order chi connectivity index (χ0) is 27.1. The lowest BCUT2D eigenvalue weighted by atomic mass is 10.1. The molecule has 4 aromatic carbocycles. The molecule has 5 heterocycles. The Labute approximate surface area is 240 Å². The van der Waals surface area contributed by atoms with Gasteiger partial charge in [0.15, 0.2) is 23.3 Å². The second kappa shape index (κ2) is 8.36. The van der Waals surface area contributed by atoms with Gasteiger partial charge in [-0.2, -0.15) is 0 Å². The van der Waals surface area contributed by atoms with Crippen LogP contribution in [0.5, 0.6) is 0 Å². The molecule has 0 unspecified atom stereocenters. The molecule has 0 saturated carbocycles. The summed E-state index contributed by atoms with van der Waals surface area (Å²) in [5.41, 5.74) is 6.37. The van der Waals surface area contributed by atoms with Gasteiger partial charge in [-0.15, -0.1) is 0 Å². The highest BCUT2D eigenvalue weighted by Gasteiger charge is 2.21. The van der Waals surface area contributed by atoms with Gasteiger partial charge in [-0.25, -0.2) is 29.9 Å². The largest absolute Gasteiger partial charge is 0.324 e. The summed E-state index contributed by atoms with van der Waals surface area (Å²) in [6.45, 7) is 0. The molecule has 0 saturated heterocycles. The van der Waals surface area contributed by atoms with Crippen LogP contribution in [0.4, 0.5) is 0 Å². The van der Waals surface area contributed by atoms with Gasteiger partial charge < -0.3 is 9.97 Å². The van der Waals surface area contributed by atoms with Crippen molar-refractivity contribution in [2.45, 2.75) is 0 Å². The average molecular weight is 593 g/mol. The van der Waals surface area contributed by atoms with Crippen LogP contribution in [-0.2, 0) is 0 Å². The SMILES string of the molecule is Brc1ccc2c3nc4nc(nc5[nH]c(nc6nc(nc([nH]3)c2c1)-c1ccccc1-6)c1ccccc51)-c1ccccc1-4. The van der Waals surface area contributed by atoms with Gasteiger partial charge in [0.2, 0.25) is 0 Å². The quantitative estimate of drug-likeness (QED) is 0.187. The van der Waals surface area contributed by atoms with Gasteiger partial charge in [-0.1, -0.05) is 88.7 Å². The van der Waals surface area contributed by atoms with Crippen molar-refractivity contribution >= 4 is 60.1 Å². The lowest BCUT2D eigenvalue weighted by Gasteiger charge is -1.96. The van der Waals surface area contributed by atoms with Crippen molar-refractivity contribution in [1.29, 1.82) is 0 Å². The molecule has 0 spiro atoms. The predicted molar refractivity (Wildman–Crippen MR) is 164 cm³/mol. The molecule has 2 aliphatic rings. The maximum atomic E-state index is 5.04. The second-order valence-corrected chi connectivity index (χ2v) is 10.9. The standard InChI is InChI=1S/C32H17BrN8/c33-16-13-14-23-24(15-16)32-40-30-22-12-6-5-11-21(22)28(38-30)36-26-18-8-2-1-7-17(18)25(34-26)35-27-19-9-3-4-10-20(19)29(37-27)39-31(23)41-32/h1-15H,(H2,34,35,36,37,38,39,40,41). The highest BCUT2D eigenvalue weighted by molar-refractivity contribution is 9.10. The number of fused-ring (bicyclic) bond motifs is 20. The molecule has 8 nitrogen and oxygen atoms in total. The zero-order valence-electron chi connectivity index (χ0n) is 21.2. The van der Waals surface area contributed by atoms with E-state index in [0.717, 1.165) is 48.3 Å². The normalized spacial score (nSPS) is 12.0. The number of H-pyrrole nitrogens is 2. The van der Waals surface area contributed by atoms with E-state index in [1.54, 1.807) is 0 Å². The van der Waals surface area contributed by atoms with Gasteiger partial charge in [-0.05, 0) is 18.2 Å². The number of hydrogen-bond donors (Lipinski definition) is 2. The van der Waals surface area contributed by atoms with Crippen LogP contribution in [0.15, 0.2) is 95.5 Å². The summed E-state index contributed by atoms with van der Waals surface area (Å²) >= 11 is 3.62. The van der Waals surface area contributed by atoms with E-state index in [9.17, 15) is 0 Å². The minimum atomic E-state index is 0.584. The molecule has 0 fully saturated rings. The Morgan fingerprint density at radius 3 is 1.20 bits per heavy atom. The van der Waals surface area contributed by atoms with Crippen molar-refractivity contribution < 1.29 is 0 Å². The fraction of sp³-hybridized carbons (Fsp3) is 0. The summed E-state index contributed by atoms with van der Waals surface area (Å²) in [6, 6.07) is 30.2. The maximum Gasteiger partial charge on any atom is 0.164 e. The summed E-state index contributed by atoms with van der Waals surface area (Å²) < 4.78 is 0.945. The van der Waals surface area contributed by atoms with Crippen LogP contribution >= 0.6 is 15.9 Å². The number of rotatable bonds is 0. The summed E-state index contributed by atoms with van der Waals surface area (Å²) in [6.07, 6.45) is 0. The molecular weight excluding hydrogens is 576 g/mol. The number of benzene rings is 4. The lowest BCUT2D eigenvalue weighted by molar-refractivity contribution is 1.19. The molecule has 0 radical (unpaired) electrons. The molecule has 3 aromatic heterocycles. The van der Waals surface area contributed by atoms with Crippen molar-refractivity contribution in [2.75, 3.05) is 0 Å². The van der Waals surface area contributed by atoms with Gasteiger partial charge in [0.25, 0.3) is 0 Å². The lowest BCUT2D eigenvalue weighted by Crippen LogP contribution is -1.82. The Bertz CT molecular complexity index is 2400. The minimum Gasteiger partial charge on any atom is -0.324 e. The molecule has 8 bridgehead atoms. The van der Waals surface area contributed by atoms with Gasteiger partial charge in [-0.3, -0.25) is 0 Å². The first-order valence-electron chi connectivity index (χ1n) is 13.1. The van der Waals surface area contributed by atoms with Crippen molar-refractivity contribution in [3.63, 3.8) is 0 Å². The average Bonchev–Trinajstić information content (AvgIpc) is 3.72. The zero-order valence-corrected chi connectivity index (χ0v) is 22.8. The van der Waals surface area contributed by atoms with E-state index in [-0.39, 0.29) is 0 Å². The van der Waals surface area contributed by atoms with Gasteiger partial charge in [0.1, 0.15) is 22.6 Å². The predicted octanol–water partition coefficient (Wildman–Crippen LogP) is 7.63. The van der Waals surface area contributed by atoms with Crippen molar-refractivity contribution in [3.05, 3.63) is 95.5 Å². The summed E-state index contributed by atoms with van der Waals surface area (Å²) in [5, 5.41) is 3.76. The van der Waals surface area contributed by atoms with Crippen LogP contribution in [0.1, 0.15) is 0 Å². The number of hydrogen-bond acceptors (Lipinski definition) is 6. The van der Waals surface area contributed by atoms with E-state index in [1.165, 1.54) is 0 Å². The summed E-state index contributed by atoms with van der Waals surface area (Å²) in [5.74, 6) is 2.35. The van der Waals surface area contributed by atoms with Crippen LogP contribution in [0, 0.1) is 0 Å². The summed E-state index contributed by atoms with van der Waals surface area (Å²) in [7, 11) is 0. The van der Waals surface area contributed by atoms with Gasteiger partial charge >= 0.3 is 0 Å². The van der Waals surface area contributed by atoms with E-state index < -0.39 is 0 Å². The maximum absolute atomic E-state index is 5.04. The fourth-order valence-corrected chi connectivity index (χ4v) is 5.97. The third-order valence-electron chi connectivity index (χ3n) is 7.51. The topological polar surface area (TPSA) is 109 Å². The number of nitrogens with one attached hydrogen (secondary N) is 2. The van der Waals surface area contributed by atoms with Crippen LogP contribution in [0.3, 0.4) is 0 Å². The number of halogens is 1. The first-order valence-corrected chi connectivity index (χ1v) is 13.9. The van der Waals surface area contributed by atoms with Gasteiger partial charge in [0, 0.05) is 48.3 Å². The highest BCUT2D eigenvalue weighted by Crippen LogP contribution is 2.36. The molecule has 0 amide bonds. The van der Waals surface area contributed by atoms with E-state index >= 15 is 0 Å². The monoisotopic (exact) mass is 592 g/mol. The molecule has 7 aromatic rings. The van der Waals surface area contributed by atoms with Crippen LogP contribution < -0.4 is 0 Å². The second-order valence-electron chi connectivity index (χ2n) is 9.94. The van der Waals surface area contributed by atoms with E-state index in [0.29, 0.717) is 45.9 Å². The number of nitrogens with zero attached hydrogens (tertiary/aromatic N) is 6. The Morgan fingerprint density at radius 1 is 0.390 bits per heavy atom. The minimum absolute atomic E-state index is 0.584. The molecule has 41 heavy (non-hydrogen) atoms. The van der Waals surface area contributed by atoms with Crippen molar-refractivity contribution in [3.8, 4) is 45.6 Å². The molecule has 2 N–H and O–H groups in total. The molecule has 9 rings (SSSR count). The molecular formula is C32H17BrN8. The first kappa shape index (κ1) is 22.5. The highest BCUT2D eigenvalue weighted by atomic mass is 79.9. The van der Waals surface area contributed by atoms with E-state index in [2.05, 4.69) is 25.9 Å². The van der Waals surface area contributed by atoms with E-state index in [1.807, 2.05) is 91.0 Å². The molecule has 0 aliphatic carbocycles. The Balaban J connectivity index is 1.51. The summed E-state index contributed by atoms with van der Waals surface area (Å²) in [4.78, 5) is 36.8.